The summed E-state index contributed by atoms with van der Waals surface area (Å²) in [5, 5.41) is 0. The van der Waals surface area contributed by atoms with E-state index < -0.39 is 22.1 Å². The number of nitrogens with zero attached hydrogens (tertiary/aromatic N) is 1. The minimum Gasteiger partial charge on any atom is -0.493 e. The second-order valence-corrected chi connectivity index (χ2v) is 7.38. The molecule has 2 aromatic rings. The number of aromatic nitrogens is 1. The quantitative estimate of drug-likeness (QED) is 0.381. The highest BCUT2D eigenvalue weighted by atomic mass is 32.3. The number of esters is 2. The van der Waals surface area contributed by atoms with Crippen molar-refractivity contribution in [1.29, 1.82) is 0 Å². The molecule has 0 radical (unpaired) electrons. The van der Waals surface area contributed by atoms with Gasteiger partial charge in [0.2, 0.25) is 0 Å². The number of carbonyl (C=O) groups is 2. The third-order valence-electron chi connectivity index (χ3n) is 3.14. The van der Waals surface area contributed by atoms with Crippen LogP contribution in [-0.4, -0.2) is 46.7 Å². The monoisotopic (exact) mass is 413 g/mol. The Bertz CT molecular complexity index is 978. The zero-order valence-electron chi connectivity index (χ0n) is 14.5. The fourth-order valence-corrected chi connectivity index (χ4v) is 3.92. The first-order chi connectivity index (χ1) is 12.8. The van der Waals surface area contributed by atoms with Crippen LogP contribution in [0.3, 0.4) is 0 Å². The van der Waals surface area contributed by atoms with Gasteiger partial charge in [-0.1, -0.05) is 6.07 Å². The molecule has 1 heterocycles. The van der Waals surface area contributed by atoms with E-state index >= 15 is 0 Å². The second kappa shape index (κ2) is 8.64. The molecule has 0 aliphatic heterocycles. The topological polar surface area (TPSA) is 118 Å². The van der Waals surface area contributed by atoms with Crippen molar-refractivity contribution in [2.45, 2.75) is 4.21 Å². The second-order valence-electron chi connectivity index (χ2n) is 4.78. The van der Waals surface area contributed by atoms with Crippen LogP contribution in [-0.2, 0) is 24.4 Å². The van der Waals surface area contributed by atoms with Crippen molar-refractivity contribution in [3.05, 3.63) is 41.0 Å². The maximum absolute atomic E-state index is 12.5. The lowest BCUT2D eigenvalue weighted by Gasteiger charge is -2.11. The zero-order chi connectivity index (χ0) is 20.0. The third-order valence-corrected chi connectivity index (χ3v) is 5.71. The molecular formula is C16H15NO8S2. The van der Waals surface area contributed by atoms with Crippen LogP contribution in [0, 0.1) is 0 Å². The van der Waals surface area contributed by atoms with Gasteiger partial charge in [-0.3, -0.25) is 0 Å². The first kappa shape index (κ1) is 20.4. The Morgan fingerprint density at radius 2 is 1.85 bits per heavy atom. The van der Waals surface area contributed by atoms with Crippen molar-refractivity contribution in [3.63, 3.8) is 0 Å². The first-order valence-corrected chi connectivity index (χ1v) is 9.51. The molecule has 27 heavy (non-hydrogen) atoms. The van der Waals surface area contributed by atoms with Crippen LogP contribution in [0.1, 0.15) is 16.1 Å². The van der Waals surface area contributed by atoms with E-state index in [2.05, 4.69) is 14.5 Å². The molecule has 1 aromatic carbocycles. The van der Waals surface area contributed by atoms with E-state index in [1.54, 1.807) is 0 Å². The number of hydrogen-bond acceptors (Lipinski definition) is 10. The molecular weight excluding hydrogens is 398 g/mol. The average Bonchev–Trinajstić information content (AvgIpc) is 3.16. The Morgan fingerprint density at radius 1 is 1.11 bits per heavy atom. The van der Waals surface area contributed by atoms with E-state index in [1.165, 1.54) is 50.1 Å². The predicted octanol–water partition coefficient (Wildman–Crippen LogP) is 1.89. The zero-order valence-corrected chi connectivity index (χ0v) is 16.1. The molecule has 0 unspecified atom stereocenters. The normalized spacial score (nSPS) is 11.2. The van der Waals surface area contributed by atoms with E-state index in [0.717, 1.165) is 18.4 Å². The summed E-state index contributed by atoms with van der Waals surface area (Å²) in [5.41, 5.74) is 1.38. The minimum absolute atomic E-state index is 0.100. The predicted molar refractivity (Wildman–Crippen MR) is 95.3 cm³/mol. The number of ether oxygens (including phenoxy) is 3. The van der Waals surface area contributed by atoms with Gasteiger partial charge in [0.15, 0.2) is 21.4 Å². The van der Waals surface area contributed by atoms with Gasteiger partial charge < -0.3 is 18.4 Å². The molecule has 0 N–H and O–H groups in total. The van der Waals surface area contributed by atoms with Gasteiger partial charge in [0.1, 0.15) is 0 Å². The van der Waals surface area contributed by atoms with Crippen molar-refractivity contribution >= 4 is 39.5 Å². The van der Waals surface area contributed by atoms with Crippen LogP contribution in [0.4, 0.5) is 0 Å². The molecule has 0 fully saturated rings. The molecule has 0 aliphatic carbocycles. The number of thiazole rings is 1. The molecule has 9 nitrogen and oxygen atoms in total. The third kappa shape index (κ3) is 4.83. The molecule has 0 spiro atoms. The number of benzene rings is 1. The lowest BCUT2D eigenvalue weighted by Crippen LogP contribution is -2.14. The highest BCUT2D eigenvalue weighted by molar-refractivity contribution is 7.89. The van der Waals surface area contributed by atoms with Crippen LogP contribution in [0.5, 0.6) is 11.5 Å². The maximum atomic E-state index is 12.5. The highest BCUT2D eigenvalue weighted by Gasteiger charge is 2.29. The van der Waals surface area contributed by atoms with Gasteiger partial charge in [0, 0.05) is 6.08 Å². The number of carbonyl (C=O) groups excluding carboxylic acids is 2. The molecule has 2 rings (SSSR count). The summed E-state index contributed by atoms with van der Waals surface area (Å²) in [5.74, 6) is -1.43. The van der Waals surface area contributed by atoms with Crippen LogP contribution in [0.15, 0.2) is 34.0 Å². The van der Waals surface area contributed by atoms with Gasteiger partial charge in [-0.15, -0.1) is 11.3 Å². The number of hydrogen-bond donors (Lipinski definition) is 0. The standard InChI is InChI=1S/C16H15NO8S2/c1-22-12-8-10(5-7-13(18)23-2)4-6-11(12)25-27(20,21)16-14(15(19)24-3)17-9-26-16/h4-9H,1-3H3/b7-5+. The molecule has 0 saturated carbocycles. The molecule has 0 aliphatic rings. The van der Waals surface area contributed by atoms with E-state index in [-0.39, 0.29) is 21.4 Å². The molecule has 0 bridgehead atoms. The highest BCUT2D eigenvalue weighted by Crippen LogP contribution is 2.32. The molecule has 0 amide bonds. The van der Waals surface area contributed by atoms with Crippen molar-refractivity contribution < 1.29 is 36.4 Å². The van der Waals surface area contributed by atoms with Crippen molar-refractivity contribution in [2.75, 3.05) is 21.3 Å². The van der Waals surface area contributed by atoms with Crippen molar-refractivity contribution in [1.82, 2.24) is 4.98 Å². The van der Waals surface area contributed by atoms with Gasteiger partial charge >= 0.3 is 22.1 Å². The van der Waals surface area contributed by atoms with Crippen molar-refractivity contribution in [2.24, 2.45) is 0 Å². The van der Waals surface area contributed by atoms with Gasteiger partial charge in [-0.05, 0) is 23.8 Å². The minimum atomic E-state index is -4.35. The first-order valence-electron chi connectivity index (χ1n) is 7.22. The number of methoxy groups -OCH3 is 3. The van der Waals surface area contributed by atoms with Gasteiger partial charge in [0.25, 0.3) is 0 Å². The smallest absolute Gasteiger partial charge is 0.359 e. The summed E-state index contributed by atoms with van der Waals surface area (Å²) in [6.07, 6.45) is 2.66. The van der Waals surface area contributed by atoms with Gasteiger partial charge in [-0.25, -0.2) is 14.6 Å². The Morgan fingerprint density at radius 3 is 2.48 bits per heavy atom. The molecule has 1 aromatic heterocycles. The summed E-state index contributed by atoms with van der Waals surface area (Å²) in [7, 11) is -0.659. The lowest BCUT2D eigenvalue weighted by atomic mass is 10.2. The Kier molecular flexibility index (Phi) is 6.53. The maximum Gasteiger partial charge on any atom is 0.359 e. The van der Waals surface area contributed by atoms with E-state index in [9.17, 15) is 18.0 Å². The molecule has 0 saturated heterocycles. The van der Waals surface area contributed by atoms with Crippen LogP contribution in [0.25, 0.3) is 6.08 Å². The molecule has 11 heteroatoms. The van der Waals surface area contributed by atoms with Crippen LogP contribution in [0.2, 0.25) is 0 Å². The SMILES string of the molecule is COC(=O)/C=C/c1ccc(OS(=O)(=O)c2scnc2C(=O)OC)c(OC)c1. The van der Waals surface area contributed by atoms with E-state index in [1.807, 2.05) is 0 Å². The fraction of sp³-hybridized carbons (Fsp3) is 0.188. The summed E-state index contributed by atoms with van der Waals surface area (Å²) in [6.45, 7) is 0. The van der Waals surface area contributed by atoms with Crippen LogP contribution >= 0.6 is 11.3 Å². The summed E-state index contributed by atoms with van der Waals surface area (Å²) >= 11 is 0.722. The Balaban J connectivity index is 2.34. The fourth-order valence-electron chi connectivity index (χ4n) is 1.89. The van der Waals surface area contributed by atoms with Gasteiger partial charge in [0.05, 0.1) is 26.8 Å². The van der Waals surface area contributed by atoms with E-state index in [4.69, 9.17) is 8.92 Å². The summed E-state index contributed by atoms with van der Waals surface area (Å²) < 4.78 is 43.9. The Hall–Kier alpha value is -2.92. The van der Waals surface area contributed by atoms with Crippen molar-refractivity contribution in [3.8, 4) is 11.5 Å². The number of rotatable bonds is 7. The van der Waals surface area contributed by atoms with Crippen LogP contribution < -0.4 is 8.92 Å². The summed E-state index contributed by atoms with van der Waals surface area (Å²) in [6, 6.07) is 4.34. The summed E-state index contributed by atoms with van der Waals surface area (Å²) in [4.78, 5) is 26.5. The Labute approximate surface area is 159 Å². The van der Waals surface area contributed by atoms with E-state index in [0.29, 0.717) is 5.56 Å². The largest absolute Gasteiger partial charge is 0.493 e. The molecule has 0 atom stereocenters. The van der Waals surface area contributed by atoms with Gasteiger partial charge in [-0.2, -0.15) is 8.42 Å². The average molecular weight is 413 g/mol. The molecule has 144 valence electrons. The lowest BCUT2D eigenvalue weighted by molar-refractivity contribution is -0.134.